The van der Waals surface area contributed by atoms with Crippen LogP contribution in [0, 0.1) is 5.41 Å². The van der Waals surface area contributed by atoms with Gasteiger partial charge in [0, 0.05) is 11.7 Å². The third kappa shape index (κ3) is 3.21. The molecule has 0 aromatic carbocycles. The molecule has 1 heterocycles. The van der Waals surface area contributed by atoms with Crippen molar-refractivity contribution >= 4 is 0 Å². The molecule has 0 aromatic heterocycles. The van der Waals surface area contributed by atoms with Gasteiger partial charge in [-0.25, -0.2) is 0 Å². The zero-order valence-corrected chi connectivity index (χ0v) is 9.93. The van der Waals surface area contributed by atoms with Gasteiger partial charge < -0.3 is 5.32 Å². The van der Waals surface area contributed by atoms with Gasteiger partial charge in [0.15, 0.2) is 0 Å². The average Bonchev–Trinajstić information content (AvgIpc) is 2.01. The van der Waals surface area contributed by atoms with Gasteiger partial charge in [0.05, 0.1) is 0 Å². The van der Waals surface area contributed by atoms with Crippen LogP contribution >= 0.6 is 0 Å². The molecule has 0 spiro atoms. The predicted octanol–water partition coefficient (Wildman–Crippen LogP) is 3.63. The Kier molecular flexibility index (Phi) is 3.79. The zero-order valence-electron chi connectivity index (χ0n) is 9.93. The minimum absolute atomic E-state index is 0.329. The van der Waals surface area contributed by atoms with Crippen molar-refractivity contribution in [2.24, 2.45) is 5.41 Å². The zero-order chi connectivity index (χ0) is 10.6. The van der Waals surface area contributed by atoms with Gasteiger partial charge >= 0.3 is 0 Å². The summed E-state index contributed by atoms with van der Waals surface area (Å²) in [5, 5.41) is 3.66. The molecule has 1 atom stereocenters. The number of nitrogens with one attached hydrogen (secondary N) is 1. The molecule has 1 rings (SSSR count). The van der Waals surface area contributed by atoms with E-state index in [9.17, 15) is 0 Å². The van der Waals surface area contributed by atoms with E-state index in [2.05, 4.69) is 51.2 Å². The molecule has 0 saturated heterocycles. The lowest BCUT2D eigenvalue weighted by atomic mass is 9.84. The number of rotatable bonds is 1. The maximum atomic E-state index is 3.66. The largest absolute Gasteiger partial charge is 0.385 e. The van der Waals surface area contributed by atoms with E-state index in [0.717, 1.165) is 19.3 Å². The Balaban J connectivity index is 2.73. The molecule has 1 N–H and O–H groups in total. The van der Waals surface area contributed by atoms with Gasteiger partial charge in [-0.1, -0.05) is 45.9 Å². The van der Waals surface area contributed by atoms with E-state index >= 15 is 0 Å². The van der Waals surface area contributed by atoms with Crippen molar-refractivity contribution in [2.45, 2.75) is 53.0 Å². The van der Waals surface area contributed by atoms with Crippen molar-refractivity contribution in [1.29, 1.82) is 0 Å². The van der Waals surface area contributed by atoms with Crippen molar-refractivity contribution in [3.05, 3.63) is 23.9 Å². The van der Waals surface area contributed by atoms with Crippen LogP contribution in [0.5, 0.6) is 0 Å². The normalized spacial score (nSPS) is 27.1. The van der Waals surface area contributed by atoms with E-state index in [-0.39, 0.29) is 0 Å². The lowest BCUT2D eigenvalue weighted by Gasteiger charge is -2.33. The quantitative estimate of drug-likeness (QED) is 0.627. The second-order valence-electron chi connectivity index (χ2n) is 5.09. The Labute approximate surface area is 88.3 Å². The van der Waals surface area contributed by atoms with E-state index in [1.807, 2.05) is 0 Å². The Morgan fingerprint density at radius 1 is 1.36 bits per heavy atom. The molecule has 0 aromatic rings. The smallest absolute Gasteiger partial charge is 0.0340 e. The third-order valence-corrected chi connectivity index (χ3v) is 2.82. The number of allylic oxidation sites excluding steroid dienone is 3. The molecule has 0 radical (unpaired) electrons. The molecule has 0 aliphatic carbocycles. The molecule has 0 fully saturated rings. The van der Waals surface area contributed by atoms with Crippen LogP contribution in [-0.4, -0.2) is 6.04 Å². The maximum Gasteiger partial charge on any atom is 0.0340 e. The SMILES string of the molecule is CC/C1=C/CC=CCC(C(C)(C)C)N1. The molecule has 0 bridgehead atoms. The van der Waals surface area contributed by atoms with Gasteiger partial charge in [0.1, 0.15) is 0 Å². The predicted molar refractivity (Wildman–Crippen MR) is 63.1 cm³/mol. The monoisotopic (exact) mass is 193 g/mol. The summed E-state index contributed by atoms with van der Waals surface area (Å²) in [5.41, 5.74) is 1.73. The molecule has 1 nitrogen and oxygen atoms in total. The summed E-state index contributed by atoms with van der Waals surface area (Å²) in [6, 6.07) is 0.560. The van der Waals surface area contributed by atoms with Crippen LogP contribution in [0.4, 0.5) is 0 Å². The molecular formula is C13H23N. The van der Waals surface area contributed by atoms with Crippen LogP contribution in [0.15, 0.2) is 23.9 Å². The molecule has 80 valence electrons. The van der Waals surface area contributed by atoms with Crippen LogP contribution in [-0.2, 0) is 0 Å². The highest BCUT2D eigenvalue weighted by molar-refractivity contribution is 5.09. The summed E-state index contributed by atoms with van der Waals surface area (Å²) in [5.74, 6) is 0. The summed E-state index contributed by atoms with van der Waals surface area (Å²) >= 11 is 0. The highest BCUT2D eigenvalue weighted by atomic mass is 14.9. The third-order valence-electron chi connectivity index (χ3n) is 2.82. The minimum Gasteiger partial charge on any atom is -0.385 e. The van der Waals surface area contributed by atoms with E-state index in [0.29, 0.717) is 11.5 Å². The van der Waals surface area contributed by atoms with Gasteiger partial charge in [-0.15, -0.1) is 0 Å². The molecule has 1 aliphatic heterocycles. The first-order chi connectivity index (χ1) is 6.54. The Morgan fingerprint density at radius 2 is 2.07 bits per heavy atom. The fourth-order valence-electron chi connectivity index (χ4n) is 1.70. The maximum absolute atomic E-state index is 3.66. The number of hydrogen-bond donors (Lipinski definition) is 1. The topological polar surface area (TPSA) is 12.0 Å². The van der Waals surface area contributed by atoms with Crippen molar-refractivity contribution < 1.29 is 0 Å². The van der Waals surface area contributed by atoms with Crippen LogP contribution in [0.25, 0.3) is 0 Å². The average molecular weight is 193 g/mol. The van der Waals surface area contributed by atoms with E-state index < -0.39 is 0 Å². The van der Waals surface area contributed by atoms with Gasteiger partial charge in [0.25, 0.3) is 0 Å². The van der Waals surface area contributed by atoms with E-state index in [4.69, 9.17) is 0 Å². The minimum atomic E-state index is 0.329. The molecule has 1 unspecified atom stereocenters. The van der Waals surface area contributed by atoms with E-state index in [1.54, 1.807) is 0 Å². The van der Waals surface area contributed by atoms with Gasteiger partial charge in [-0.05, 0) is 24.7 Å². The second kappa shape index (κ2) is 4.68. The molecule has 14 heavy (non-hydrogen) atoms. The van der Waals surface area contributed by atoms with Gasteiger partial charge in [0.2, 0.25) is 0 Å². The summed E-state index contributed by atoms with van der Waals surface area (Å²) in [6.07, 6.45) is 10.2. The van der Waals surface area contributed by atoms with Crippen molar-refractivity contribution in [3.63, 3.8) is 0 Å². The Hall–Kier alpha value is -0.720. The van der Waals surface area contributed by atoms with Crippen LogP contribution < -0.4 is 5.32 Å². The summed E-state index contributed by atoms with van der Waals surface area (Å²) in [6.45, 7) is 9.11. The Morgan fingerprint density at radius 3 is 2.64 bits per heavy atom. The summed E-state index contributed by atoms with van der Waals surface area (Å²) < 4.78 is 0. The highest BCUT2D eigenvalue weighted by Gasteiger charge is 2.23. The first-order valence-corrected chi connectivity index (χ1v) is 5.64. The van der Waals surface area contributed by atoms with Crippen molar-refractivity contribution in [3.8, 4) is 0 Å². The van der Waals surface area contributed by atoms with Crippen molar-refractivity contribution in [2.75, 3.05) is 0 Å². The van der Waals surface area contributed by atoms with Crippen LogP contribution in [0.2, 0.25) is 0 Å². The van der Waals surface area contributed by atoms with Gasteiger partial charge in [-0.3, -0.25) is 0 Å². The van der Waals surface area contributed by atoms with Gasteiger partial charge in [-0.2, -0.15) is 0 Å². The Bertz CT molecular complexity index is 230. The summed E-state index contributed by atoms with van der Waals surface area (Å²) in [7, 11) is 0. The molecule has 1 aliphatic rings. The lowest BCUT2D eigenvalue weighted by Crippen LogP contribution is -2.39. The van der Waals surface area contributed by atoms with E-state index in [1.165, 1.54) is 5.70 Å². The first-order valence-electron chi connectivity index (χ1n) is 5.64. The fraction of sp³-hybridized carbons (Fsp3) is 0.692. The number of hydrogen-bond acceptors (Lipinski definition) is 1. The second-order valence-corrected chi connectivity index (χ2v) is 5.09. The van der Waals surface area contributed by atoms with Crippen LogP contribution in [0.3, 0.4) is 0 Å². The van der Waals surface area contributed by atoms with Crippen molar-refractivity contribution in [1.82, 2.24) is 5.32 Å². The molecule has 0 amide bonds. The fourth-order valence-corrected chi connectivity index (χ4v) is 1.70. The summed E-state index contributed by atoms with van der Waals surface area (Å²) in [4.78, 5) is 0. The first kappa shape index (κ1) is 11.4. The van der Waals surface area contributed by atoms with Crippen LogP contribution in [0.1, 0.15) is 47.0 Å². The molecule has 0 saturated carbocycles. The standard InChI is InChI=1S/C13H23N/c1-5-11-9-7-6-8-10-12(14-11)13(2,3)4/h6,8-9,12,14H,5,7,10H2,1-4H3/b8-6?,11-9-. The lowest BCUT2D eigenvalue weighted by molar-refractivity contribution is 0.282. The molecule has 1 heteroatoms. The molecular weight excluding hydrogens is 170 g/mol. The highest BCUT2D eigenvalue weighted by Crippen LogP contribution is 2.24.